The molecule has 19 heavy (non-hydrogen) atoms. The first kappa shape index (κ1) is 14.3. The van der Waals surface area contributed by atoms with Crippen molar-refractivity contribution in [3.63, 3.8) is 0 Å². The van der Waals surface area contributed by atoms with Crippen LogP contribution in [-0.2, 0) is 9.59 Å². The summed E-state index contributed by atoms with van der Waals surface area (Å²) in [4.78, 5) is 27.4. The number of hydrogen-bond donors (Lipinski definition) is 1. The predicted octanol–water partition coefficient (Wildman–Crippen LogP) is 0.457. The lowest BCUT2D eigenvalue weighted by Gasteiger charge is -2.24. The Balaban J connectivity index is 1.76. The normalized spacial score (nSPS) is 22.5. The maximum absolute atomic E-state index is 12.2. The SMILES string of the molecule is CN1CCCN(C(=O)CCC2CCNCC2)CC1=O. The van der Waals surface area contributed by atoms with E-state index in [4.69, 9.17) is 0 Å². The molecule has 0 radical (unpaired) electrons. The summed E-state index contributed by atoms with van der Waals surface area (Å²) >= 11 is 0. The van der Waals surface area contributed by atoms with E-state index in [1.807, 2.05) is 7.05 Å². The Bertz CT molecular complexity index is 327. The zero-order valence-electron chi connectivity index (χ0n) is 11.9. The number of rotatable bonds is 3. The number of amides is 2. The molecule has 0 bridgehead atoms. The summed E-state index contributed by atoms with van der Waals surface area (Å²) in [6, 6.07) is 0. The van der Waals surface area contributed by atoms with Crippen molar-refractivity contribution in [2.75, 3.05) is 39.8 Å². The molecule has 2 fully saturated rings. The van der Waals surface area contributed by atoms with Crippen LogP contribution in [0.5, 0.6) is 0 Å². The minimum Gasteiger partial charge on any atom is -0.344 e. The van der Waals surface area contributed by atoms with Crippen LogP contribution in [0.2, 0.25) is 0 Å². The molecule has 108 valence electrons. The molecule has 2 amide bonds. The molecule has 2 heterocycles. The molecule has 0 aromatic carbocycles. The minimum atomic E-state index is 0.0627. The first-order chi connectivity index (χ1) is 9.16. The highest BCUT2D eigenvalue weighted by atomic mass is 16.2. The smallest absolute Gasteiger partial charge is 0.241 e. The summed E-state index contributed by atoms with van der Waals surface area (Å²) < 4.78 is 0. The van der Waals surface area contributed by atoms with Crippen LogP contribution in [0.3, 0.4) is 0 Å². The second-order valence-corrected chi connectivity index (χ2v) is 5.72. The average molecular weight is 267 g/mol. The molecule has 2 aliphatic rings. The third-order valence-electron chi connectivity index (χ3n) is 4.25. The van der Waals surface area contributed by atoms with Gasteiger partial charge in [-0.05, 0) is 44.7 Å². The maximum Gasteiger partial charge on any atom is 0.241 e. The van der Waals surface area contributed by atoms with Crippen molar-refractivity contribution < 1.29 is 9.59 Å². The molecule has 0 unspecified atom stereocenters. The fourth-order valence-electron chi connectivity index (χ4n) is 2.86. The number of hydrogen-bond acceptors (Lipinski definition) is 3. The minimum absolute atomic E-state index is 0.0627. The highest BCUT2D eigenvalue weighted by Gasteiger charge is 2.23. The van der Waals surface area contributed by atoms with Gasteiger partial charge in [0.15, 0.2) is 0 Å². The Morgan fingerprint density at radius 3 is 2.79 bits per heavy atom. The van der Waals surface area contributed by atoms with Gasteiger partial charge in [-0.1, -0.05) is 0 Å². The van der Waals surface area contributed by atoms with Gasteiger partial charge in [0.1, 0.15) is 0 Å². The average Bonchev–Trinajstić information content (AvgIpc) is 2.60. The Kier molecular flexibility index (Phi) is 5.19. The van der Waals surface area contributed by atoms with Crippen LogP contribution in [0.4, 0.5) is 0 Å². The summed E-state index contributed by atoms with van der Waals surface area (Å²) in [5.74, 6) is 0.894. The van der Waals surface area contributed by atoms with Gasteiger partial charge in [-0.15, -0.1) is 0 Å². The third-order valence-corrected chi connectivity index (χ3v) is 4.25. The van der Waals surface area contributed by atoms with Crippen LogP contribution in [0.15, 0.2) is 0 Å². The Morgan fingerprint density at radius 1 is 1.32 bits per heavy atom. The van der Waals surface area contributed by atoms with Gasteiger partial charge in [-0.3, -0.25) is 9.59 Å². The number of nitrogens with zero attached hydrogens (tertiary/aromatic N) is 2. The molecular formula is C14H25N3O2. The second kappa shape index (κ2) is 6.89. The fraction of sp³-hybridized carbons (Fsp3) is 0.857. The van der Waals surface area contributed by atoms with E-state index in [9.17, 15) is 9.59 Å². The molecule has 0 aliphatic carbocycles. The molecular weight excluding hydrogens is 242 g/mol. The van der Waals surface area contributed by atoms with Crippen LogP contribution in [0, 0.1) is 5.92 Å². The number of likely N-dealkylation sites (N-methyl/N-ethyl adjacent to an activating group) is 1. The fourth-order valence-corrected chi connectivity index (χ4v) is 2.86. The van der Waals surface area contributed by atoms with Crippen molar-refractivity contribution in [1.29, 1.82) is 0 Å². The van der Waals surface area contributed by atoms with E-state index in [0.29, 0.717) is 12.3 Å². The monoisotopic (exact) mass is 267 g/mol. The van der Waals surface area contributed by atoms with E-state index in [1.54, 1.807) is 9.80 Å². The van der Waals surface area contributed by atoms with Gasteiger partial charge in [0.05, 0.1) is 6.54 Å². The van der Waals surface area contributed by atoms with Crippen molar-refractivity contribution in [2.45, 2.75) is 32.1 Å². The molecule has 0 spiro atoms. The van der Waals surface area contributed by atoms with Crippen molar-refractivity contribution in [3.8, 4) is 0 Å². The molecule has 2 aliphatic heterocycles. The molecule has 2 rings (SSSR count). The van der Waals surface area contributed by atoms with Gasteiger partial charge in [0, 0.05) is 26.6 Å². The zero-order chi connectivity index (χ0) is 13.7. The summed E-state index contributed by atoms with van der Waals surface area (Å²) in [5, 5.41) is 3.34. The van der Waals surface area contributed by atoms with Gasteiger partial charge in [-0.25, -0.2) is 0 Å². The molecule has 5 nitrogen and oxygen atoms in total. The van der Waals surface area contributed by atoms with E-state index in [-0.39, 0.29) is 18.4 Å². The Hall–Kier alpha value is -1.10. The summed E-state index contributed by atoms with van der Waals surface area (Å²) in [6.07, 6.45) is 4.81. The Labute approximate surface area is 115 Å². The highest BCUT2D eigenvalue weighted by molar-refractivity contribution is 5.85. The predicted molar refractivity (Wildman–Crippen MR) is 73.7 cm³/mol. The molecule has 5 heteroatoms. The van der Waals surface area contributed by atoms with Gasteiger partial charge in [0.25, 0.3) is 0 Å². The van der Waals surface area contributed by atoms with Crippen LogP contribution in [0.25, 0.3) is 0 Å². The topological polar surface area (TPSA) is 52.6 Å². The third kappa shape index (κ3) is 4.20. The van der Waals surface area contributed by atoms with E-state index in [1.165, 1.54) is 12.8 Å². The molecule has 0 aromatic heterocycles. The van der Waals surface area contributed by atoms with Crippen molar-refractivity contribution in [2.24, 2.45) is 5.92 Å². The van der Waals surface area contributed by atoms with Gasteiger partial charge >= 0.3 is 0 Å². The van der Waals surface area contributed by atoms with E-state index >= 15 is 0 Å². The summed E-state index contributed by atoms with van der Waals surface area (Å²) in [5.41, 5.74) is 0. The van der Waals surface area contributed by atoms with Crippen LogP contribution in [0.1, 0.15) is 32.1 Å². The summed E-state index contributed by atoms with van der Waals surface area (Å²) in [6.45, 7) is 3.90. The summed E-state index contributed by atoms with van der Waals surface area (Å²) in [7, 11) is 1.81. The van der Waals surface area contributed by atoms with Crippen molar-refractivity contribution in [3.05, 3.63) is 0 Å². The van der Waals surface area contributed by atoms with Gasteiger partial charge in [-0.2, -0.15) is 0 Å². The number of nitrogens with one attached hydrogen (secondary N) is 1. The highest BCUT2D eigenvalue weighted by Crippen LogP contribution is 2.18. The molecule has 0 aromatic rings. The van der Waals surface area contributed by atoms with Gasteiger partial charge in [0.2, 0.25) is 11.8 Å². The number of piperidine rings is 1. The number of carbonyl (C=O) groups is 2. The van der Waals surface area contributed by atoms with Crippen LogP contribution >= 0.6 is 0 Å². The van der Waals surface area contributed by atoms with Crippen LogP contribution < -0.4 is 5.32 Å². The van der Waals surface area contributed by atoms with Gasteiger partial charge < -0.3 is 15.1 Å². The standard InChI is InChI=1S/C14H25N3O2/c1-16-9-2-10-17(11-14(16)19)13(18)4-3-12-5-7-15-8-6-12/h12,15H,2-11H2,1H3. The lowest BCUT2D eigenvalue weighted by Crippen LogP contribution is -2.38. The quantitative estimate of drug-likeness (QED) is 0.808. The lowest BCUT2D eigenvalue weighted by atomic mass is 9.93. The van der Waals surface area contributed by atoms with Crippen molar-refractivity contribution in [1.82, 2.24) is 15.1 Å². The number of carbonyl (C=O) groups excluding carboxylic acids is 2. The molecule has 2 saturated heterocycles. The first-order valence-corrected chi connectivity index (χ1v) is 7.39. The second-order valence-electron chi connectivity index (χ2n) is 5.72. The maximum atomic E-state index is 12.2. The lowest BCUT2D eigenvalue weighted by molar-refractivity contribution is -0.138. The van der Waals surface area contributed by atoms with E-state index in [0.717, 1.165) is 39.0 Å². The van der Waals surface area contributed by atoms with Crippen molar-refractivity contribution >= 4 is 11.8 Å². The Morgan fingerprint density at radius 2 is 2.05 bits per heavy atom. The molecule has 1 N–H and O–H groups in total. The van der Waals surface area contributed by atoms with E-state index in [2.05, 4.69) is 5.32 Å². The molecule has 0 atom stereocenters. The largest absolute Gasteiger partial charge is 0.344 e. The van der Waals surface area contributed by atoms with Crippen LogP contribution in [-0.4, -0.2) is 61.4 Å². The molecule has 0 saturated carbocycles. The zero-order valence-corrected chi connectivity index (χ0v) is 11.9. The van der Waals surface area contributed by atoms with E-state index < -0.39 is 0 Å². The first-order valence-electron chi connectivity index (χ1n) is 7.39.